The number of hydrogen-bond donors (Lipinski definition) is 4. The molecule has 0 spiro atoms. The first-order valence-corrected chi connectivity index (χ1v) is 15.8. The smallest absolute Gasteiger partial charge is 0.324 e. The molecule has 1 aliphatic heterocycles. The fraction of sp³-hybridized carbons (Fsp3) is 0.414. The fourth-order valence-electron chi connectivity index (χ4n) is 3.94. The van der Waals surface area contributed by atoms with Gasteiger partial charge in [-0.15, -0.1) is 0 Å². The van der Waals surface area contributed by atoms with Gasteiger partial charge in [-0.1, -0.05) is 25.9 Å². The van der Waals surface area contributed by atoms with Crippen molar-refractivity contribution in [3.63, 3.8) is 0 Å². The molecule has 1 unspecified atom stereocenters. The molecule has 1 aliphatic rings. The molecule has 0 radical (unpaired) electrons. The lowest BCUT2D eigenvalue weighted by Gasteiger charge is -2.18. The SMILES string of the molecule is CN(C)C(=O)CN1CCC(Oc2ccc(C(=O)Nc3ccc(NC(=O)Nc4cc(C(C)(C)C)on4)cc3)nc2)C1.CS(=O)(=O)O. The molecule has 244 valence electrons. The van der Waals surface area contributed by atoms with Crippen molar-refractivity contribution in [1.29, 1.82) is 0 Å². The Kier molecular flexibility index (Phi) is 11.6. The van der Waals surface area contributed by atoms with Gasteiger partial charge in [-0.2, -0.15) is 8.42 Å². The maximum atomic E-state index is 12.7. The minimum Gasteiger partial charge on any atom is -0.487 e. The van der Waals surface area contributed by atoms with Crippen LogP contribution in [0.4, 0.5) is 22.0 Å². The summed E-state index contributed by atoms with van der Waals surface area (Å²) in [5.74, 6) is 1.23. The Balaban J connectivity index is 0.00000102. The van der Waals surface area contributed by atoms with Gasteiger partial charge in [0.15, 0.2) is 5.82 Å². The molecular formula is C29H39N7O8S. The van der Waals surface area contributed by atoms with Crippen LogP contribution in [-0.4, -0.2) is 96.8 Å². The Morgan fingerprint density at radius 3 is 2.22 bits per heavy atom. The molecule has 1 aromatic carbocycles. The Morgan fingerprint density at radius 1 is 1.07 bits per heavy atom. The summed E-state index contributed by atoms with van der Waals surface area (Å²) in [5, 5.41) is 12.0. The van der Waals surface area contributed by atoms with Gasteiger partial charge in [-0.05, 0) is 42.8 Å². The molecule has 0 bridgehead atoms. The van der Waals surface area contributed by atoms with Gasteiger partial charge in [0.1, 0.15) is 23.3 Å². The highest BCUT2D eigenvalue weighted by Gasteiger charge is 2.26. The minimum atomic E-state index is -3.67. The molecule has 45 heavy (non-hydrogen) atoms. The predicted octanol–water partition coefficient (Wildman–Crippen LogP) is 3.31. The summed E-state index contributed by atoms with van der Waals surface area (Å²) in [6.45, 7) is 7.78. The second-order valence-corrected chi connectivity index (χ2v) is 13.1. The number of nitrogens with one attached hydrogen (secondary N) is 3. The lowest BCUT2D eigenvalue weighted by atomic mass is 9.93. The van der Waals surface area contributed by atoms with Crippen molar-refractivity contribution in [2.24, 2.45) is 0 Å². The molecule has 2 aromatic heterocycles. The number of amides is 4. The number of anilines is 3. The Bertz CT molecular complexity index is 1560. The first-order chi connectivity index (χ1) is 21.0. The van der Waals surface area contributed by atoms with E-state index in [0.717, 1.165) is 13.0 Å². The van der Waals surface area contributed by atoms with Crippen LogP contribution in [0.15, 0.2) is 53.2 Å². The average Bonchev–Trinajstić information content (AvgIpc) is 3.58. The van der Waals surface area contributed by atoms with Gasteiger partial charge in [-0.25, -0.2) is 9.78 Å². The van der Waals surface area contributed by atoms with E-state index in [4.69, 9.17) is 13.8 Å². The van der Waals surface area contributed by atoms with Gasteiger partial charge in [0.2, 0.25) is 5.91 Å². The van der Waals surface area contributed by atoms with Gasteiger partial charge in [0.05, 0.1) is 19.0 Å². The minimum absolute atomic E-state index is 0.0393. The number of pyridine rings is 1. The molecule has 4 rings (SSSR count). The molecule has 16 heteroatoms. The quantitative estimate of drug-likeness (QED) is 0.262. The monoisotopic (exact) mass is 645 g/mol. The van der Waals surface area contributed by atoms with Crippen molar-refractivity contribution in [2.45, 2.75) is 38.7 Å². The molecule has 3 heterocycles. The maximum absolute atomic E-state index is 12.7. The summed E-state index contributed by atoms with van der Waals surface area (Å²) in [6.07, 6.45) is 3.01. The Labute approximate surface area is 262 Å². The van der Waals surface area contributed by atoms with Gasteiger partial charge < -0.3 is 24.8 Å². The van der Waals surface area contributed by atoms with E-state index in [9.17, 15) is 22.8 Å². The number of urea groups is 1. The highest BCUT2D eigenvalue weighted by Crippen LogP contribution is 2.24. The molecular weight excluding hydrogens is 606 g/mol. The first kappa shape index (κ1) is 34.9. The van der Waals surface area contributed by atoms with Crippen LogP contribution in [0, 0.1) is 0 Å². The number of ether oxygens (including phenoxy) is 1. The second kappa shape index (κ2) is 15.0. The largest absolute Gasteiger partial charge is 0.487 e. The van der Waals surface area contributed by atoms with E-state index in [0.29, 0.717) is 48.0 Å². The van der Waals surface area contributed by atoms with Gasteiger partial charge >= 0.3 is 6.03 Å². The highest BCUT2D eigenvalue weighted by atomic mass is 32.2. The van der Waals surface area contributed by atoms with Gasteiger partial charge in [0.25, 0.3) is 16.0 Å². The van der Waals surface area contributed by atoms with Crippen LogP contribution >= 0.6 is 0 Å². The summed E-state index contributed by atoms with van der Waals surface area (Å²) >= 11 is 0. The molecule has 4 amide bonds. The van der Waals surface area contributed by atoms with E-state index in [1.165, 1.54) is 6.20 Å². The predicted molar refractivity (Wildman–Crippen MR) is 168 cm³/mol. The van der Waals surface area contributed by atoms with Gasteiger partial charge in [-0.3, -0.25) is 24.4 Å². The summed E-state index contributed by atoms with van der Waals surface area (Å²) in [4.78, 5) is 44.7. The normalized spacial score (nSPS) is 15.0. The van der Waals surface area contributed by atoms with Crippen LogP contribution in [-0.2, 0) is 20.3 Å². The third kappa shape index (κ3) is 12.2. The van der Waals surface area contributed by atoms with E-state index in [1.54, 1.807) is 61.5 Å². The van der Waals surface area contributed by atoms with E-state index < -0.39 is 16.1 Å². The molecule has 1 fully saturated rings. The standard InChI is InChI=1S/C28H35N7O5.CH4O3S/c1-28(2,3)23-14-24(33-40-23)32-27(38)31-19-8-6-18(7-9-19)30-26(37)22-11-10-20(15-29-22)39-21-12-13-35(16-21)17-25(36)34(4)5;1-5(2,3)4/h6-11,14-15,21H,12-13,16-17H2,1-5H3,(H,30,37)(H2,31,32,33,38);1H3,(H,2,3,4). The summed E-state index contributed by atoms with van der Waals surface area (Å²) in [6, 6.07) is 11.2. The lowest BCUT2D eigenvalue weighted by molar-refractivity contribution is -0.129. The number of hydrogen-bond acceptors (Lipinski definition) is 10. The average molecular weight is 646 g/mol. The molecule has 0 aliphatic carbocycles. The summed E-state index contributed by atoms with van der Waals surface area (Å²) in [5.41, 5.74) is 1.09. The molecule has 1 atom stereocenters. The van der Waals surface area contributed by atoms with Crippen molar-refractivity contribution >= 4 is 45.2 Å². The molecule has 4 N–H and O–H groups in total. The van der Waals surface area contributed by atoms with E-state index in [2.05, 4.69) is 31.0 Å². The van der Waals surface area contributed by atoms with Crippen molar-refractivity contribution in [1.82, 2.24) is 19.9 Å². The van der Waals surface area contributed by atoms with E-state index >= 15 is 0 Å². The Hall–Kier alpha value is -4.54. The highest BCUT2D eigenvalue weighted by molar-refractivity contribution is 7.85. The number of nitrogens with zero attached hydrogens (tertiary/aromatic N) is 4. The number of benzene rings is 1. The summed E-state index contributed by atoms with van der Waals surface area (Å²) < 4.78 is 37.1. The van der Waals surface area contributed by atoms with Crippen molar-refractivity contribution in [3.8, 4) is 5.75 Å². The van der Waals surface area contributed by atoms with Crippen LogP contribution in [0.5, 0.6) is 5.75 Å². The lowest BCUT2D eigenvalue weighted by Crippen LogP contribution is -2.36. The van der Waals surface area contributed by atoms with Crippen LogP contribution in [0.3, 0.4) is 0 Å². The number of rotatable bonds is 8. The zero-order valence-electron chi connectivity index (χ0n) is 26.0. The van der Waals surface area contributed by atoms with Crippen molar-refractivity contribution < 1.29 is 36.6 Å². The van der Waals surface area contributed by atoms with Crippen LogP contribution < -0.4 is 20.7 Å². The van der Waals surface area contributed by atoms with Gasteiger partial charge in [0, 0.05) is 50.0 Å². The number of carbonyl (C=O) groups excluding carboxylic acids is 3. The topological polar surface area (TPSA) is 196 Å². The second-order valence-electron chi connectivity index (χ2n) is 11.6. The van der Waals surface area contributed by atoms with Crippen LogP contribution in [0.2, 0.25) is 0 Å². The number of likely N-dealkylation sites (N-methyl/N-ethyl adjacent to an activating group) is 1. The fourth-order valence-corrected chi connectivity index (χ4v) is 3.94. The molecule has 1 saturated heterocycles. The van der Waals surface area contributed by atoms with E-state index in [1.807, 2.05) is 20.8 Å². The zero-order chi connectivity index (χ0) is 33.4. The van der Waals surface area contributed by atoms with E-state index in [-0.39, 0.29) is 29.0 Å². The van der Waals surface area contributed by atoms with Crippen molar-refractivity contribution in [2.75, 3.05) is 55.9 Å². The summed E-state index contributed by atoms with van der Waals surface area (Å²) in [7, 11) is -0.180. The first-order valence-electron chi connectivity index (χ1n) is 13.9. The van der Waals surface area contributed by atoms with Crippen molar-refractivity contribution in [3.05, 3.63) is 60.1 Å². The molecule has 15 nitrogen and oxygen atoms in total. The maximum Gasteiger partial charge on any atom is 0.324 e. The number of aromatic nitrogens is 2. The molecule has 3 aromatic rings. The number of likely N-dealkylation sites (tertiary alicyclic amines) is 1. The molecule has 0 saturated carbocycles. The van der Waals surface area contributed by atoms with Crippen LogP contribution in [0.1, 0.15) is 43.4 Å². The zero-order valence-corrected chi connectivity index (χ0v) is 26.8. The van der Waals surface area contributed by atoms with Crippen LogP contribution in [0.25, 0.3) is 0 Å². The third-order valence-electron chi connectivity index (χ3n) is 6.25. The third-order valence-corrected chi connectivity index (χ3v) is 6.25. The number of carbonyl (C=O) groups is 3. The Morgan fingerprint density at radius 2 is 1.69 bits per heavy atom.